The minimum atomic E-state index is -0.252. The fraction of sp³-hybridized carbons (Fsp3) is 0.526. The zero-order valence-corrected chi connectivity index (χ0v) is 15.0. The number of amides is 1. The maximum Gasteiger partial charge on any atom is 0.249 e. The number of nitrogens with zero attached hydrogens (tertiary/aromatic N) is 2. The van der Waals surface area contributed by atoms with Crippen LogP contribution in [0.5, 0.6) is 5.75 Å². The van der Waals surface area contributed by atoms with E-state index in [9.17, 15) is 4.79 Å². The summed E-state index contributed by atoms with van der Waals surface area (Å²) in [5, 5.41) is 7.20. The van der Waals surface area contributed by atoms with Crippen LogP contribution in [0.1, 0.15) is 51.5 Å². The lowest BCUT2D eigenvalue weighted by atomic mass is 9.84. The summed E-state index contributed by atoms with van der Waals surface area (Å²) in [7, 11) is 1.63. The van der Waals surface area contributed by atoms with E-state index >= 15 is 0 Å². The molecule has 1 fully saturated rings. The minimum absolute atomic E-state index is 0.0979. The number of hydrogen-bond donors (Lipinski definition) is 1. The molecule has 25 heavy (non-hydrogen) atoms. The van der Waals surface area contributed by atoms with Crippen molar-refractivity contribution in [3.05, 3.63) is 30.2 Å². The molecule has 6 nitrogen and oxygen atoms in total. The molecular formula is C19H25N3O3. The van der Waals surface area contributed by atoms with Crippen molar-refractivity contribution >= 4 is 5.91 Å². The maximum atomic E-state index is 12.4. The molecule has 1 saturated carbocycles. The Labute approximate surface area is 148 Å². The molecule has 0 spiro atoms. The molecule has 134 valence electrons. The number of aromatic nitrogens is 2. The number of benzene rings is 1. The summed E-state index contributed by atoms with van der Waals surface area (Å²) in [6.45, 7) is 4.18. The van der Waals surface area contributed by atoms with Crippen LogP contribution in [-0.4, -0.2) is 23.2 Å². The molecule has 0 saturated heterocycles. The van der Waals surface area contributed by atoms with Crippen molar-refractivity contribution < 1.29 is 14.1 Å². The lowest BCUT2D eigenvalue weighted by Gasteiger charge is -2.28. The Kier molecular flexibility index (Phi) is 5.36. The van der Waals surface area contributed by atoms with Crippen LogP contribution in [0.4, 0.5) is 0 Å². The number of rotatable bonds is 7. The van der Waals surface area contributed by atoms with Gasteiger partial charge in [-0.1, -0.05) is 31.8 Å². The third-order valence-corrected chi connectivity index (χ3v) is 5.04. The average Bonchev–Trinajstić information content (AvgIpc) is 3.07. The van der Waals surface area contributed by atoms with Gasteiger partial charge in [0.15, 0.2) is 0 Å². The zero-order valence-electron chi connectivity index (χ0n) is 15.0. The van der Waals surface area contributed by atoms with Gasteiger partial charge in [-0.15, -0.1) is 0 Å². The van der Waals surface area contributed by atoms with Crippen molar-refractivity contribution in [1.29, 1.82) is 0 Å². The molecule has 1 aliphatic rings. The average molecular weight is 343 g/mol. The highest BCUT2D eigenvalue weighted by molar-refractivity contribution is 5.79. The standard InChI is InChI=1S/C19H25N3O3/c1-4-12(2)16(20-18(23)14-6-5-7-14)19-21-17(22-25-19)13-8-10-15(24-3)11-9-13/h8-12,14,16H,4-7H2,1-3H3,(H,20,23)/t12-,16-/m0/s1. The number of carbonyl (C=O) groups excluding carboxylic acids is 1. The molecule has 1 aromatic carbocycles. The van der Waals surface area contributed by atoms with Crippen LogP contribution in [0, 0.1) is 11.8 Å². The van der Waals surface area contributed by atoms with Crippen molar-refractivity contribution in [3.63, 3.8) is 0 Å². The van der Waals surface area contributed by atoms with Gasteiger partial charge >= 0.3 is 0 Å². The van der Waals surface area contributed by atoms with E-state index in [0.717, 1.165) is 37.0 Å². The van der Waals surface area contributed by atoms with Crippen molar-refractivity contribution in [2.24, 2.45) is 11.8 Å². The van der Waals surface area contributed by atoms with Crippen molar-refractivity contribution in [2.75, 3.05) is 7.11 Å². The van der Waals surface area contributed by atoms with Crippen LogP contribution in [0.2, 0.25) is 0 Å². The van der Waals surface area contributed by atoms with Crippen LogP contribution in [0.3, 0.4) is 0 Å². The smallest absolute Gasteiger partial charge is 0.249 e. The molecule has 0 radical (unpaired) electrons. The first-order valence-electron chi connectivity index (χ1n) is 8.90. The monoisotopic (exact) mass is 343 g/mol. The van der Waals surface area contributed by atoms with Gasteiger partial charge in [0, 0.05) is 11.5 Å². The Morgan fingerprint density at radius 3 is 2.64 bits per heavy atom. The molecule has 1 N–H and O–H groups in total. The summed E-state index contributed by atoms with van der Waals surface area (Å²) in [5.41, 5.74) is 0.851. The number of nitrogens with one attached hydrogen (secondary N) is 1. The molecule has 0 unspecified atom stereocenters. The van der Waals surface area contributed by atoms with Crippen LogP contribution in [0.25, 0.3) is 11.4 Å². The maximum absolute atomic E-state index is 12.4. The second kappa shape index (κ2) is 7.68. The minimum Gasteiger partial charge on any atom is -0.497 e. The van der Waals surface area contributed by atoms with E-state index in [0.29, 0.717) is 11.7 Å². The Bertz CT molecular complexity index is 707. The highest BCUT2D eigenvalue weighted by Gasteiger charge is 2.31. The molecule has 2 aromatic rings. The quantitative estimate of drug-likeness (QED) is 0.828. The Hall–Kier alpha value is -2.37. The predicted octanol–water partition coefficient (Wildman–Crippen LogP) is 3.75. The molecule has 1 amide bonds. The third kappa shape index (κ3) is 3.83. The fourth-order valence-electron chi connectivity index (χ4n) is 2.84. The highest BCUT2D eigenvalue weighted by atomic mass is 16.5. The van der Waals surface area contributed by atoms with Gasteiger partial charge in [-0.25, -0.2) is 0 Å². The summed E-state index contributed by atoms with van der Waals surface area (Å²) in [5.74, 6) is 2.21. The van der Waals surface area contributed by atoms with E-state index in [1.807, 2.05) is 24.3 Å². The zero-order chi connectivity index (χ0) is 17.8. The van der Waals surface area contributed by atoms with Crippen LogP contribution in [-0.2, 0) is 4.79 Å². The number of methoxy groups -OCH3 is 1. The van der Waals surface area contributed by atoms with Gasteiger partial charge in [0.05, 0.1) is 7.11 Å². The second-order valence-corrected chi connectivity index (χ2v) is 6.68. The van der Waals surface area contributed by atoms with E-state index in [4.69, 9.17) is 9.26 Å². The van der Waals surface area contributed by atoms with Gasteiger partial charge in [0.25, 0.3) is 0 Å². The number of hydrogen-bond acceptors (Lipinski definition) is 5. The Morgan fingerprint density at radius 2 is 2.08 bits per heavy atom. The summed E-state index contributed by atoms with van der Waals surface area (Å²) in [4.78, 5) is 16.9. The third-order valence-electron chi connectivity index (χ3n) is 5.04. The summed E-state index contributed by atoms with van der Waals surface area (Å²) in [6, 6.07) is 7.24. The lowest BCUT2D eigenvalue weighted by Crippen LogP contribution is -2.39. The largest absolute Gasteiger partial charge is 0.497 e. The van der Waals surface area contributed by atoms with Gasteiger partial charge in [0.2, 0.25) is 17.6 Å². The van der Waals surface area contributed by atoms with E-state index in [2.05, 4.69) is 29.3 Å². The van der Waals surface area contributed by atoms with Crippen molar-refractivity contribution in [2.45, 2.75) is 45.6 Å². The first-order valence-corrected chi connectivity index (χ1v) is 8.90. The molecule has 0 bridgehead atoms. The summed E-state index contributed by atoms with van der Waals surface area (Å²) in [6.07, 6.45) is 3.99. The topological polar surface area (TPSA) is 77.2 Å². The molecule has 2 atom stereocenters. The molecule has 3 rings (SSSR count). The molecule has 6 heteroatoms. The van der Waals surface area contributed by atoms with E-state index in [1.165, 1.54) is 0 Å². The Balaban J connectivity index is 1.78. The highest BCUT2D eigenvalue weighted by Crippen LogP contribution is 2.30. The van der Waals surface area contributed by atoms with Gasteiger partial charge in [-0.3, -0.25) is 4.79 Å². The first kappa shape index (κ1) is 17.5. The number of carbonyl (C=O) groups is 1. The van der Waals surface area contributed by atoms with Gasteiger partial charge < -0.3 is 14.6 Å². The van der Waals surface area contributed by atoms with Gasteiger partial charge in [0.1, 0.15) is 11.8 Å². The summed E-state index contributed by atoms with van der Waals surface area (Å²) >= 11 is 0. The fourth-order valence-corrected chi connectivity index (χ4v) is 2.84. The SMILES string of the molecule is CC[C@H](C)[C@H](NC(=O)C1CCC1)c1nc(-c2ccc(OC)cc2)no1. The molecular weight excluding hydrogens is 318 g/mol. The van der Waals surface area contributed by atoms with E-state index < -0.39 is 0 Å². The lowest BCUT2D eigenvalue weighted by molar-refractivity contribution is -0.128. The molecule has 1 aromatic heterocycles. The predicted molar refractivity (Wildman–Crippen MR) is 94.0 cm³/mol. The second-order valence-electron chi connectivity index (χ2n) is 6.68. The molecule has 1 aliphatic carbocycles. The number of ether oxygens (including phenoxy) is 1. The molecule has 0 aliphatic heterocycles. The van der Waals surface area contributed by atoms with Crippen LogP contribution in [0.15, 0.2) is 28.8 Å². The van der Waals surface area contributed by atoms with Crippen LogP contribution < -0.4 is 10.1 Å². The van der Waals surface area contributed by atoms with Gasteiger partial charge in [-0.2, -0.15) is 4.98 Å². The molecule has 1 heterocycles. The van der Waals surface area contributed by atoms with Crippen molar-refractivity contribution in [3.8, 4) is 17.1 Å². The van der Waals surface area contributed by atoms with E-state index in [1.54, 1.807) is 7.11 Å². The van der Waals surface area contributed by atoms with Crippen LogP contribution >= 0.6 is 0 Å². The normalized spacial score (nSPS) is 16.8. The van der Waals surface area contributed by atoms with Crippen molar-refractivity contribution in [1.82, 2.24) is 15.5 Å². The summed E-state index contributed by atoms with van der Waals surface area (Å²) < 4.78 is 10.7. The van der Waals surface area contributed by atoms with Gasteiger partial charge in [-0.05, 0) is 43.0 Å². The first-order chi connectivity index (χ1) is 12.1. The van der Waals surface area contributed by atoms with E-state index in [-0.39, 0.29) is 23.8 Å². The Morgan fingerprint density at radius 1 is 1.36 bits per heavy atom.